The van der Waals surface area contributed by atoms with Crippen molar-refractivity contribution in [3.63, 3.8) is 0 Å². The van der Waals surface area contributed by atoms with Gasteiger partial charge in [0.2, 0.25) is 5.91 Å². The lowest BCUT2D eigenvalue weighted by molar-refractivity contribution is -0.137. The fraction of sp³-hybridized carbons (Fsp3) is 0.167. The number of imidazole rings is 1. The minimum absolute atomic E-state index is 0.0952. The van der Waals surface area contributed by atoms with Crippen molar-refractivity contribution in [1.29, 1.82) is 0 Å². The summed E-state index contributed by atoms with van der Waals surface area (Å²) < 4.78 is 46.3. The predicted molar refractivity (Wildman–Crippen MR) is 123 cm³/mol. The Kier molecular flexibility index (Phi) is 6.60. The molecule has 4 rings (SSSR count). The molecule has 4 aromatic rings. The van der Waals surface area contributed by atoms with Gasteiger partial charge in [-0.25, -0.2) is 4.98 Å². The van der Waals surface area contributed by atoms with Crippen LogP contribution in [0, 0.1) is 0 Å². The van der Waals surface area contributed by atoms with E-state index < -0.39 is 11.7 Å². The van der Waals surface area contributed by atoms with Crippen LogP contribution in [-0.4, -0.2) is 28.3 Å². The number of para-hydroxylation sites is 2. The first-order valence-electron chi connectivity index (χ1n) is 10.0. The number of nitrogens with zero attached hydrogens (tertiary/aromatic N) is 2. The highest BCUT2D eigenvalue weighted by molar-refractivity contribution is 7.99. The summed E-state index contributed by atoms with van der Waals surface area (Å²) in [4.78, 5) is 17.0. The van der Waals surface area contributed by atoms with Crippen LogP contribution in [0.25, 0.3) is 11.0 Å². The van der Waals surface area contributed by atoms with Gasteiger partial charge in [0.05, 0.1) is 36.0 Å². The van der Waals surface area contributed by atoms with Crippen LogP contribution in [-0.2, 0) is 17.5 Å². The topological polar surface area (TPSA) is 56.1 Å². The van der Waals surface area contributed by atoms with Gasteiger partial charge in [-0.15, -0.1) is 0 Å². The van der Waals surface area contributed by atoms with Gasteiger partial charge in [0.25, 0.3) is 0 Å². The van der Waals surface area contributed by atoms with E-state index in [1.165, 1.54) is 17.8 Å². The van der Waals surface area contributed by atoms with Crippen LogP contribution in [0.2, 0.25) is 0 Å². The van der Waals surface area contributed by atoms with Gasteiger partial charge >= 0.3 is 6.18 Å². The monoisotopic (exact) mass is 471 g/mol. The molecule has 170 valence electrons. The fourth-order valence-corrected chi connectivity index (χ4v) is 4.16. The molecule has 1 heterocycles. The number of hydrogen-bond acceptors (Lipinski definition) is 4. The third kappa shape index (κ3) is 5.48. The fourth-order valence-electron chi connectivity index (χ4n) is 3.35. The molecular formula is C24H20F3N3O2S. The molecule has 1 aromatic heterocycles. The van der Waals surface area contributed by atoms with Gasteiger partial charge in [-0.2, -0.15) is 13.2 Å². The van der Waals surface area contributed by atoms with Crippen LogP contribution in [0.4, 0.5) is 18.9 Å². The lowest BCUT2D eigenvalue weighted by Gasteiger charge is -2.12. The Morgan fingerprint density at radius 1 is 1.06 bits per heavy atom. The molecule has 0 fully saturated rings. The number of rotatable bonds is 7. The first kappa shape index (κ1) is 22.7. The van der Waals surface area contributed by atoms with Gasteiger partial charge in [0.1, 0.15) is 5.75 Å². The number of fused-ring (bicyclic) bond motifs is 1. The largest absolute Gasteiger partial charge is 0.497 e. The summed E-state index contributed by atoms with van der Waals surface area (Å²) in [6, 6.07) is 19.6. The summed E-state index contributed by atoms with van der Waals surface area (Å²) in [7, 11) is 1.57. The molecule has 0 aliphatic heterocycles. The highest BCUT2D eigenvalue weighted by atomic mass is 32.2. The molecule has 33 heavy (non-hydrogen) atoms. The highest BCUT2D eigenvalue weighted by Gasteiger charge is 2.30. The average molecular weight is 472 g/mol. The van der Waals surface area contributed by atoms with E-state index in [0.717, 1.165) is 17.6 Å². The Bertz CT molecular complexity index is 1270. The maximum absolute atomic E-state index is 13.1. The molecule has 1 N–H and O–H groups in total. The van der Waals surface area contributed by atoms with Gasteiger partial charge in [-0.05, 0) is 54.1 Å². The Balaban J connectivity index is 1.53. The summed E-state index contributed by atoms with van der Waals surface area (Å²) in [5.41, 5.74) is 1.93. The molecule has 5 nitrogen and oxygen atoms in total. The number of ether oxygens (including phenoxy) is 1. The van der Waals surface area contributed by atoms with Crippen molar-refractivity contribution in [2.75, 3.05) is 18.2 Å². The molecule has 0 saturated carbocycles. The number of hydrogen-bond donors (Lipinski definition) is 1. The van der Waals surface area contributed by atoms with Crippen molar-refractivity contribution in [3.8, 4) is 5.75 Å². The van der Waals surface area contributed by atoms with Crippen molar-refractivity contribution in [2.45, 2.75) is 17.9 Å². The maximum atomic E-state index is 13.1. The molecular weight excluding hydrogens is 451 g/mol. The zero-order chi connectivity index (χ0) is 23.4. The van der Waals surface area contributed by atoms with Gasteiger partial charge < -0.3 is 14.6 Å². The lowest BCUT2D eigenvalue weighted by atomic mass is 10.1. The summed E-state index contributed by atoms with van der Waals surface area (Å²) in [5, 5.41) is 3.37. The third-order valence-corrected chi connectivity index (χ3v) is 5.90. The van der Waals surface area contributed by atoms with Crippen molar-refractivity contribution in [3.05, 3.63) is 83.9 Å². The molecule has 0 aliphatic rings. The van der Waals surface area contributed by atoms with E-state index in [0.29, 0.717) is 27.7 Å². The number of thioether (sulfide) groups is 1. The molecule has 9 heteroatoms. The number of carbonyl (C=O) groups excluding carboxylic acids is 1. The van der Waals surface area contributed by atoms with Crippen LogP contribution < -0.4 is 10.1 Å². The molecule has 0 aliphatic carbocycles. The first-order valence-corrected chi connectivity index (χ1v) is 11.0. The maximum Gasteiger partial charge on any atom is 0.416 e. The summed E-state index contributed by atoms with van der Waals surface area (Å²) in [5.74, 6) is 0.561. The number of nitrogens with one attached hydrogen (secondary N) is 1. The van der Waals surface area contributed by atoms with E-state index in [4.69, 9.17) is 4.74 Å². The zero-order valence-electron chi connectivity index (χ0n) is 17.6. The normalized spacial score (nSPS) is 11.5. The number of amides is 1. The van der Waals surface area contributed by atoms with Crippen LogP contribution in [0.5, 0.6) is 5.75 Å². The molecule has 0 saturated heterocycles. The average Bonchev–Trinajstić information content (AvgIpc) is 3.15. The van der Waals surface area contributed by atoms with E-state index in [1.54, 1.807) is 37.4 Å². The number of aromatic nitrogens is 2. The molecule has 0 bridgehead atoms. The van der Waals surface area contributed by atoms with Crippen LogP contribution >= 0.6 is 11.8 Å². The number of anilines is 1. The van der Waals surface area contributed by atoms with E-state index >= 15 is 0 Å². The lowest BCUT2D eigenvalue weighted by Crippen LogP contribution is -2.14. The molecule has 0 atom stereocenters. The number of alkyl halides is 3. The number of carbonyl (C=O) groups is 1. The number of methoxy groups -OCH3 is 1. The van der Waals surface area contributed by atoms with Gasteiger partial charge in [0, 0.05) is 5.69 Å². The zero-order valence-corrected chi connectivity index (χ0v) is 18.4. The first-order chi connectivity index (χ1) is 15.8. The Morgan fingerprint density at radius 3 is 2.55 bits per heavy atom. The van der Waals surface area contributed by atoms with Gasteiger partial charge in [0.15, 0.2) is 5.16 Å². The van der Waals surface area contributed by atoms with Crippen molar-refractivity contribution >= 4 is 34.4 Å². The van der Waals surface area contributed by atoms with Crippen molar-refractivity contribution < 1.29 is 22.7 Å². The predicted octanol–water partition coefficient (Wildman–Crippen LogP) is 5.84. The van der Waals surface area contributed by atoms with E-state index in [2.05, 4.69) is 10.3 Å². The Morgan fingerprint density at radius 2 is 1.82 bits per heavy atom. The molecule has 0 unspecified atom stereocenters. The smallest absolute Gasteiger partial charge is 0.416 e. The molecule has 0 spiro atoms. The van der Waals surface area contributed by atoms with Gasteiger partial charge in [-0.3, -0.25) is 4.79 Å². The molecule has 0 radical (unpaired) electrons. The number of benzene rings is 3. The quantitative estimate of drug-likeness (QED) is 0.344. The summed E-state index contributed by atoms with van der Waals surface area (Å²) in [6.07, 6.45) is -4.41. The second-order valence-electron chi connectivity index (χ2n) is 7.23. The van der Waals surface area contributed by atoms with E-state index in [-0.39, 0.29) is 18.2 Å². The van der Waals surface area contributed by atoms with E-state index in [1.807, 2.05) is 28.8 Å². The van der Waals surface area contributed by atoms with E-state index in [9.17, 15) is 18.0 Å². The van der Waals surface area contributed by atoms with Crippen LogP contribution in [0.15, 0.2) is 78.0 Å². The van der Waals surface area contributed by atoms with Gasteiger partial charge in [-0.1, -0.05) is 36.0 Å². The second kappa shape index (κ2) is 9.58. The minimum Gasteiger partial charge on any atom is -0.497 e. The number of halogens is 3. The van der Waals surface area contributed by atoms with Crippen molar-refractivity contribution in [2.24, 2.45) is 0 Å². The van der Waals surface area contributed by atoms with Crippen LogP contribution in [0.3, 0.4) is 0 Å². The summed E-state index contributed by atoms with van der Waals surface area (Å²) in [6.45, 7) is 0.201. The molecule has 3 aromatic carbocycles. The molecule has 1 amide bonds. The minimum atomic E-state index is -4.41. The highest BCUT2D eigenvalue weighted by Crippen LogP contribution is 2.31. The Labute approximate surface area is 192 Å². The summed E-state index contributed by atoms with van der Waals surface area (Å²) >= 11 is 1.23. The standard InChI is InChI=1S/C24H20F3N3O2S/c1-32-19-11-9-18(10-12-19)28-22(31)15-33-23-29-20-7-2-3-8-21(20)30(23)14-16-5-4-6-17(13-16)24(25,26)27/h2-13H,14-15H2,1H3,(H,28,31). The SMILES string of the molecule is COc1ccc(NC(=O)CSc2nc3ccccc3n2Cc2cccc(C(F)(F)F)c2)cc1. The van der Waals surface area contributed by atoms with Crippen molar-refractivity contribution in [1.82, 2.24) is 9.55 Å². The third-order valence-electron chi connectivity index (χ3n) is 4.92. The van der Waals surface area contributed by atoms with Crippen LogP contribution in [0.1, 0.15) is 11.1 Å². The second-order valence-corrected chi connectivity index (χ2v) is 8.18. The Hall–Kier alpha value is -3.46.